The molecule has 0 radical (unpaired) electrons. The van der Waals surface area contributed by atoms with E-state index in [1.165, 1.54) is 18.3 Å². The Balaban J connectivity index is 1.87. The van der Waals surface area contributed by atoms with Crippen molar-refractivity contribution in [2.75, 3.05) is 4.72 Å². The first-order chi connectivity index (χ1) is 11.0. The Hall–Kier alpha value is -2.74. The van der Waals surface area contributed by atoms with E-state index in [1.807, 2.05) is 0 Å². The molecule has 0 aliphatic carbocycles. The second kappa shape index (κ2) is 5.81. The summed E-state index contributed by atoms with van der Waals surface area (Å²) in [6.07, 6.45) is 6.27. The third-order valence-corrected chi connectivity index (χ3v) is 4.54. The number of hydrogen-bond donors (Lipinski definition) is 1. The highest BCUT2D eigenvalue weighted by Gasteiger charge is 2.19. The molecule has 0 unspecified atom stereocenters. The van der Waals surface area contributed by atoms with Crippen LogP contribution in [0.4, 0.5) is 10.1 Å². The summed E-state index contributed by atoms with van der Waals surface area (Å²) in [4.78, 5) is 7.66. The minimum absolute atomic E-state index is 0.245. The van der Waals surface area contributed by atoms with Crippen LogP contribution < -0.4 is 4.72 Å². The maximum absolute atomic E-state index is 13.8. The monoisotopic (exact) mass is 332 g/mol. The van der Waals surface area contributed by atoms with E-state index in [9.17, 15) is 12.8 Å². The number of imidazole rings is 1. The summed E-state index contributed by atoms with van der Waals surface area (Å²) in [5.41, 5.74) is 0.898. The molecule has 0 spiro atoms. The first kappa shape index (κ1) is 15.2. The van der Waals surface area contributed by atoms with Gasteiger partial charge in [0, 0.05) is 12.4 Å². The molecule has 0 bridgehead atoms. The van der Waals surface area contributed by atoms with Crippen molar-refractivity contribution in [1.82, 2.24) is 14.5 Å². The van der Waals surface area contributed by atoms with Gasteiger partial charge in [0.1, 0.15) is 22.9 Å². The Morgan fingerprint density at radius 3 is 2.70 bits per heavy atom. The van der Waals surface area contributed by atoms with Gasteiger partial charge in [-0.25, -0.2) is 22.8 Å². The van der Waals surface area contributed by atoms with Crippen LogP contribution in [0.5, 0.6) is 0 Å². The van der Waals surface area contributed by atoms with Crippen LogP contribution in [0.1, 0.15) is 5.56 Å². The molecule has 8 heteroatoms. The number of benzene rings is 1. The SMILES string of the molecule is Cc1ccc(F)c(S(=O)(=O)Nc2ccc(-n3ccnc3)nc2)c1. The molecule has 0 aliphatic heterocycles. The number of rotatable bonds is 4. The zero-order valence-electron chi connectivity index (χ0n) is 12.1. The van der Waals surface area contributed by atoms with E-state index in [4.69, 9.17) is 0 Å². The zero-order chi connectivity index (χ0) is 16.4. The number of sulfonamides is 1. The van der Waals surface area contributed by atoms with Crippen LogP contribution in [0.25, 0.3) is 5.82 Å². The van der Waals surface area contributed by atoms with E-state index in [1.54, 1.807) is 42.3 Å². The molecule has 0 fully saturated rings. The van der Waals surface area contributed by atoms with Crippen LogP contribution in [-0.4, -0.2) is 23.0 Å². The van der Waals surface area contributed by atoms with Gasteiger partial charge in [0.25, 0.3) is 10.0 Å². The third kappa shape index (κ3) is 3.21. The molecule has 0 aliphatic rings. The third-order valence-electron chi connectivity index (χ3n) is 3.15. The van der Waals surface area contributed by atoms with Crippen LogP contribution >= 0.6 is 0 Å². The summed E-state index contributed by atoms with van der Waals surface area (Å²) in [5.74, 6) is -0.210. The van der Waals surface area contributed by atoms with E-state index >= 15 is 0 Å². The van der Waals surface area contributed by atoms with Gasteiger partial charge < -0.3 is 0 Å². The van der Waals surface area contributed by atoms with Gasteiger partial charge in [-0.1, -0.05) is 6.07 Å². The van der Waals surface area contributed by atoms with Crippen molar-refractivity contribution in [3.05, 3.63) is 66.6 Å². The fraction of sp³-hybridized carbons (Fsp3) is 0.0667. The number of nitrogens with zero attached hydrogens (tertiary/aromatic N) is 3. The second-order valence-electron chi connectivity index (χ2n) is 4.91. The molecule has 2 heterocycles. The van der Waals surface area contributed by atoms with Crippen molar-refractivity contribution in [2.24, 2.45) is 0 Å². The van der Waals surface area contributed by atoms with Gasteiger partial charge in [-0.3, -0.25) is 9.29 Å². The van der Waals surface area contributed by atoms with E-state index < -0.39 is 20.7 Å². The van der Waals surface area contributed by atoms with Crippen LogP contribution in [-0.2, 0) is 10.0 Å². The maximum Gasteiger partial charge on any atom is 0.264 e. The Labute approximate surface area is 132 Å². The minimum atomic E-state index is -4.02. The first-order valence-electron chi connectivity index (χ1n) is 6.69. The van der Waals surface area contributed by atoms with Gasteiger partial charge in [0.2, 0.25) is 0 Å². The van der Waals surface area contributed by atoms with E-state index in [0.717, 1.165) is 6.07 Å². The molecule has 6 nitrogen and oxygen atoms in total. The fourth-order valence-electron chi connectivity index (χ4n) is 2.02. The molecule has 3 aromatic rings. The maximum atomic E-state index is 13.8. The van der Waals surface area contributed by atoms with Crippen LogP contribution in [0.2, 0.25) is 0 Å². The molecule has 1 aromatic carbocycles. The van der Waals surface area contributed by atoms with Crippen molar-refractivity contribution in [3.63, 3.8) is 0 Å². The molecule has 0 saturated carbocycles. The average molecular weight is 332 g/mol. The van der Waals surface area contributed by atoms with Crippen LogP contribution in [0, 0.1) is 12.7 Å². The number of hydrogen-bond acceptors (Lipinski definition) is 4. The quantitative estimate of drug-likeness (QED) is 0.796. The zero-order valence-corrected chi connectivity index (χ0v) is 13.0. The first-order valence-corrected chi connectivity index (χ1v) is 8.17. The largest absolute Gasteiger partial charge is 0.291 e. The molecular weight excluding hydrogens is 319 g/mol. The molecule has 3 rings (SSSR count). The van der Waals surface area contributed by atoms with Crippen molar-refractivity contribution >= 4 is 15.7 Å². The molecule has 1 N–H and O–H groups in total. The number of pyridine rings is 1. The van der Waals surface area contributed by atoms with Crippen LogP contribution in [0.15, 0.2) is 60.1 Å². The summed E-state index contributed by atoms with van der Waals surface area (Å²) in [6, 6.07) is 7.10. The minimum Gasteiger partial charge on any atom is -0.291 e. The van der Waals surface area contributed by atoms with E-state index in [0.29, 0.717) is 11.4 Å². The Kier molecular flexibility index (Phi) is 3.83. The highest BCUT2D eigenvalue weighted by atomic mass is 32.2. The number of anilines is 1. The van der Waals surface area contributed by atoms with Crippen molar-refractivity contribution < 1.29 is 12.8 Å². The van der Waals surface area contributed by atoms with E-state index in [2.05, 4.69) is 14.7 Å². The van der Waals surface area contributed by atoms with Crippen molar-refractivity contribution in [1.29, 1.82) is 0 Å². The predicted octanol–water partition coefficient (Wildman–Crippen LogP) is 2.52. The Morgan fingerprint density at radius 1 is 1.22 bits per heavy atom. The lowest BCUT2D eigenvalue weighted by Gasteiger charge is -2.10. The molecule has 118 valence electrons. The molecule has 23 heavy (non-hydrogen) atoms. The summed E-state index contributed by atoms with van der Waals surface area (Å²) in [5, 5.41) is 0. The molecule has 2 aromatic heterocycles. The normalized spacial score (nSPS) is 11.4. The van der Waals surface area contributed by atoms with Crippen molar-refractivity contribution in [3.8, 4) is 5.82 Å². The van der Waals surface area contributed by atoms with Gasteiger partial charge in [-0.2, -0.15) is 0 Å². The van der Waals surface area contributed by atoms with Gasteiger partial charge in [0.05, 0.1) is 11.9 Å². The van der Waals surface area contributed by atoms with E-state index in [-0.39, 0.29) is 5.69 Å². The van der Waals surface area contributed by atoms with Crippen molar-refractivity contribution in [2.45, 2.75) is 11.8 Å². The van der Waals surface area contributed by atoms with Gasteiger partial charge >= 0.3 is 0 Å². The number of halogens is 1. The van der Waals surface area contributed by atoms with Crippen LogP contribution in [0.3, 0.4) is 0 Å². The number of aryl methyl sites for hydroxylation is 1. The summed E-state index contributed by atoms with van der Waals surface area (Å²) in [6.45, 7) is 1.69. The molecule has 0 atom stereocenters. The number of aromatic nitrogens is 3. The molecule has 0 saturated heterocycles. The van der Waals surface area contributed by atoms with Gasteiger partial charge in [-0.05, 0) is 36.8 Å². The Bertz CT molecular complexity index is 923. The highest BCUT2D eigenvalue weighted by Crippen LogP contribution is 2.20. The number of nitrogens with one attached hydrogen (secondary N) is 1. The lowest BCUT2D eigenvalue weighted by Crippen LogP contribution is -2.15. The summed E-state index contributed by atoms with van der Waals surface area (Å²) in [7, 11) is -4.02. The standard InChI is InChI=1S/C15H13FN4O2S/c1-11-2-4-13(16)14(8-11)23(21,22)19-12-3-5-15(18-9-12)20-7-6-17-10-20/h2-10,19H,1H3. The second-order valence-corrected chi connectivity index (χ2v) is 6.57. The fourth-order valence-corrected chi connectivity index (χ4v) is 3.23. The van der Waals surface area contributed by atoms with Gasteiger partial charge in [-0.15, -0.1) is 0 Å². The lowest BCUT2D eigenvalue weighted by molar-refractivity contribution is 0.570. The summed E-state index contributed by atoms with van der Waals surface area (Å²) >= 11 is 0. The smallest absolute Gasteiger partial charge is 0.264 e. The average Bonchev–Trinajstić information content (AvgIpc) is 3.04. The van der Waals surface area contributed by atoms with Gasteiger partial charge in [0.15, 0.2) is 0 Å². The molecular formula is C15H13FN4O2S. The lowest BCUT2D eigenvalue weighted by atomic mass is 10.2. The summed E-state index contributed by atoms with van der Waals surface area (Å²) < 4.78 is 42.4. The molecule has 0 amide bonds. The predicted molar refractivity (Wildman–Crippen MR) is 83.3 cm³/mol. The Morgan fingerprint density at radius 2 is 2.04 bits per heavy atom. The topological polar surface area (TPSA) is 76.9 Å². The highest BCUT2D eigenvalue weighted by molar-refractivity contribution is 7.92.